The van der Waals surface area contributed by atoms with Crippen LogP contribution in [0.5, 0.6) is 0 Å². The number of para-hydroxylation sites is 1. The zero-order valence-corrected chi connectivity index (χ0v) is 26.6. The fourth-order valence-electron chi connectivity index (χ4n) is 6.47. The van der Waals surface area contributed by atoms with E-state index in [1.165, 1.54) is 5.56 Å². The summed E-state index contributed by atoms with van der Waals surface area (Å²) in [6.45, 7) is 6.99. The molecule has 1 saturated carbocycles. The van der Waals surface area contributed by atoms with Gasteiger partial charge < -0.3 is 15.0 Å². The van der Waals surface area contributed by atoms with Crippen LogP contribution in [0.3, 0.4) is 0 Å². The van der Waals surface area contributed by atoms with Gasteiger partial charge in [0.25, 0.3) is 10.1 Å². The van der Waals surface area contributed by atoms with Gasteiger partial charge in [-0.2, -0.15) is 8.42 Å². The van der Waals surface area contributed by atoms with Crippen LogP contribution < -0.4 is 5.32 Å². The van der Waals surface area contributed by atoms with Crippen LogP contribution >= 0.6 is 0 Å². The van der Waals surface area contributed by atoms with E-state index in [2.05, 4.69) is 43.2 Å². The molecule has 8 nitrogen and oxygen atoms in total. The van der Waals surface area contributed by atoms with E-state index in [0.717, 1.165) is 42.0 Å². The molecule has 0 saturated heterocycles. The molecule has 1 aliphatic carbocycles. The molecule has 1 aromatic heterocycles. The Morgan fingerprint density at radius 2 is 1.77 bits per heavy atom. The molecule has 3 aromatic rings. The molecule has 0 aliphatic heterocycles. The lowest BCUT2D eigenvalue weighted by molar-refractivity contribution is -0.157. The number of H-pyrrole nitrogens is 1. The van der Waals surface area contributed by atoms with Crippen LogP contribution in [-0.4, -0.2) is 50.8 Å². The van der Waals surface area contributed by atoms with Crippen molar-refractivity contribution in [2.24, 2.45) is 17.8 Å². The molecule has 4 rings (SSSR count). The Morgan fingerprint density at radius 3 is 2.51 bits per heavy atom. The van der Waals surface area contributed by atoms with Gasteiger partial charge in [0.15, 0.2) is 0 Å². The quantitative estimate of drug-likeness (QED) is 0.173. The number of benzene rings is 2. The van der Waals surface area contributed by atoms with Gasteiger partial charge in [-0.3, -0.25) is 13.8 Å². The van der Waals surface area contributed by atoms with E-state index >= 15 is 0 Å². The first-order valence-corrected chi connectivity index (χ1v) is 17.1. The second-order valence-corrected chi connectivity index (χ2v) is 14.3. The number of fused-ring (bicyclic) bond motifs is 1. The molecule has 0 spiro atoms. The zero-order chi connectivity index (χ0) is 31.0. The van der Waals surface area contributed by atoms with Gasteiger partial charge in [0.2, 0.25) is 5.91 Å². The largest absolute Gasteiger partial charge is 0.462 e. The second-order valence-electron chi connectivity index (χ2n) is 12.7. The number of hydrogen-bond acceptors (Lipinski definition) is 6. The maximum atomic E-state index is 13.4. The fourth-order valence-corrected chi connectivity index (χ4v) is 6.87. The van der Waals surface area contributed by atoms with E-state index in [9.17, 15) is 18.0 Å². The average molecular weight is 611 g/mol. The van der Waals surface area contributed by atoms with E-state index in [1.807, 2.05) is 48.7 Å². The number of aromatic nitrogens is 1. The smallest absolute Gasteiger partial charge is 0.306 e. The van der Waals surface area contributed by atoms with Gasteiger partial charge in [-0.15, -0.1) is 0 Å². The van der Waals surface area contributed by atoms with Gasteiger partial charge in [-0.05, 0) is 60.1 Å². The molecule has 2 N–H and O–H groups in total. The summed E-state index contributed by atoms with van der Waals surface area (Å²) in [4.78, 5) is 29.5. The molecular formula is C34H46N2O6S. The van der Waals surface area contributed by atoms with Crippen LogP contribution in [0.15, 0.2) is 60.8 Å². The molecule has 0 bridgehead atoms. The maximum absolute atomic E-state index is 13.4. The molecule has 43 heavy (non-hydrogen) atoms. The number of aromatic amines is 1. The van der Waals surface area contributed by atoms with Crippen molar-refractivity contribution in [1.82, 2.24) is 10.3 Å². The number of hydrogen-bond donors (Lipinski definition) is 2. The Hall–Kier alpha value is -3.17. The van der Waals surface area contributed by atoms with Gasteiger partial charge in [-0.1, -0.05) is 75.7 Å². The average Bonchev–Trinajstić information content (AvgIpc) is 3.35. The van der Waals surface area contributed by atoms with Crippen molar-refractivity contribution >= 4 is 32.9 Å². The Bertz CT molecular complexity index is 1470. The van der Waals surface area contributed by atoms with Crippen molar-refractivity contribution in [2.45, 2.75) is 77.2 Å². The summed E-state index contributed by atoms with van der Waals surface area (Å²) in [5.41, 5.74) is 3.21. The number of nitrogens with one attached hydrogen (secondary N) is 2. The zero-order valence-electron chi connectivity index (χ0n) is 25.8. The molecule has 1 fully saturated rings. The van der Waals surface area contributed by atoms with Crippen molar-refractivity contribution < 1.29 is 26.9 Å². The Labute approximate surface area is 256 Å². The highest BCUT2D eigenvalue weighted by atomic mass is 32.2. The molecule has 9 heteroatoms. The molecule has 1 amide bonds. The summed E-state index contributed by atoms with van der Waals surface area (Å²) in [5, 5.41) is 4.09. The molecule has 234 valence electrons. The van der Waals surface area contributed by atoms with E-state index in [4.69, 9.17) is 8.92 Å². The van der Waals surface area contributed by atoms with Gasteiger partial charge in [0, 0.05) is 42.4 Å². The summed E-state index contributed by atoms with van der Waals surface area (Å²) >= 11 is 0. The van der Waals surface area contributed by atoms with Crippen molar-refractivity contribution in [3.63, 3.8) is 0 Å². The van der Waals surface area contributed by atoms with E-state index < -0.39 is 16.0 Å². The first-order chi connectivity index (χ1) is 20.4. The topological polar surface area (TPSA) is 115 Å². The minimum atomic E-state index is -3.63. The van der Waals surface area contributed by atoms with E-state index in [1.54, 1.807) is 0 Å². The lowest BCUT2D eigenvalue weighted by atomic mass is 9.64. The molecule has 0 radical (unpaired) electrons. The highest BCUT2D eigenvalue weighted by Crippen LogP contribution is 2.43. The molecule has 2 aromatic carbocycles. The Morgan fingerprint density at radius 1 is 1.05 bits per heavy atom. The monoisotopic (exact) mass is 610 g/mol. The Balaban J connectivity index is 1.37. The number of rotatable bonds is 14. The fraction of sp³-hybridized carbons (Fsp3) is 0.529. The first-order valence-electron chi connectivity index (χ1n) is 15.3. The van der Waals surface area contributed by atoms with Crippen molar-refractivity contribution in [3.05, 3.63) is 71.9 Å². The van der Waals surface area contributed by atoms with Gasteiger partial charge in [0.1, 0.15) is 6.10 Å². The summed E-state index contributed by atoms with van der Waals surface area (Å²) in [7, 11) is -3.63. The summed E-state index contributed by atoms with van der Waals surface area (Å²) in [5.74, 6) is -0.350. The molecule has 4 atom stereocenters. The molecular weight excluding hydrogens is 564 g/mol. The van der Waals surface area contributed by atoms with Crippen LogP contribution in [0.25, 0.3) is 10.9 Å². The third-order valence-corrected chi connectivity index (χ3v) is 9.52. The Kier molecular flexibility index (Phi) is 11.1. The number of esters is 1. The third-order valence-electron chi connectivity index (χ3n) is 8.93. The predicted molar refractivity (Wildman–Crippen MR) is 169 cm³/mol. The van der Waals surface area contributed by atoms with E-state index in [-0.39, 0.29) is 55.2 Å². The summed E-state index contributed by atoms with van der Waals surface area (Å²) in [6.07, 6.45) is 6.57. The second kappa shape index (κ2) is 14.5. The standard InChI is InChI=1S/C34H46N2O6S/c1-24-14-15-29(34(2,3)27-10-6-5-7-11-27)31(20-24)42-33(38)22-25(17-19-41-43(4,39)40)21-32(37)35-18-16-26-23-36-30-13-9-8-12-28(26)30/h5-13,23-25,29,31,36H,14-22H2,1-4H3,(H,35,37)/t24-,25+,29-,31-/m1/s1. The molecule has 1 heterocycles. The van der Waals surface area contributed by atoms with Crippen LogP contribution in [0.1, 0.15) is 70.4 Å². The predicted octanol–water partition coefficient (Wildman–Crippen LogP) is 5.92. The lowest BCUT2D eigenvalue weighted by Crippen LogP contribution is -2.43. The first kappa shape index (κ1) is 32.7. The van der Waals surface area contributed by atoms with Gasteiger partial charge >= 0.3 is 5.97 Å². The highest BCUT2D eigenvalue weighted by Gasteiger charge is 2.42. The van der Waals surface area contributed by atoms with Crippen LogP contribution in [0.4, 0.5) is 0 Å². The maximum Gasteiger partial charge on any atom is 0.306 e. The van der Waals surface area contributed by atoms with Gasteiger partial charge in [-0.25, -0.2) is 0 Å². The van der Waals surface area contributed by atoms with E-state index in [0.29, 0.717) is 18.9 Å². The number of ether oxygens (including phenoxy) is 1. The van der Waals surface area contributed by atoms with Crippen LogP contribution in [0.2, 0.25) is 0 Å². The van der Waals surface area contributed by atoms with Crippen molar-refractivity contribution in [3.8, 4) is 0 Å². The lowest BCUT2D eigenvalue weighted by Gasteiger charge is -2.44. The van der Waals surface area contributed by atoms with Gasteiger partial charge in [0.05, 0.1) is 12.9 Å². The number of carbonyl (C=O) groups is 2. The van der Waals surface area contributed by atoms with Crippen molar-refractivity contribution in [1.29, 1.82) is 0 Å². The number of amides is 1. The molecule has 0 unspecified atom stereocenters. The summed E-state index contributed by atoms with van der Waals surface area (Å²) in [6, 6.07) is 18.4. The van der Waals surface area contributed by atoms with Crippen LogP contribution in [0, 0.1) is 17.8 Å². The third kappa shape index (κ3) is 9.41. The van der Waals surface area contributed by atoms with Crippen LogP contribution in [-0.2, 0) is 40.5 Å². The molecule has 1 aliphatic rings. The summed E-state index contributed by atoms with van der Waals surface area (Å²) < 4.78 is 34.2. The van der Waals surface area contributed by atoms with Crippen molar-refractivity contribution in [2.75, 3.05) is 19.4 Å². The highest BCUT2D eigenvalue weighted by molar-refractivity contribution is 7.85. The number of carbonyl (C=O) groups excluding carboxylic acids is 2. The minimum absolute atomic E-state index is 0.0202. The normalized spacial score (nSPS) is 20.0. The minimum Gasteiger partial charge on any atom is -0.462 e. The SMILES string of the molecule is C[C@@H]1CC[C@@H](C(C)(C)c2ccccc2)[C@H](OC(=O)C[C@@H](CCOS(C)(=O)=O)CC(=O)NCCc2c[nH]c3ccccc23)C1.